The Balaban J connectivity index is 4.18. The maximum atomic E-state index is 6.30. The molecule has 0 saturated heterocycles. The molecule has 0 aromatic heterocycles. The van der Waals surface area contributed by atoms with Crippen molar-refractivity contribution in [1.29, 1.82) is 0 Å². The zero-order chi connectivity index (χ0) is 11.6. The monoisotopic (exact) mass is 294 g/mol. The summed E-state index contributed by atoms with van der Waals surface area (Å²) in [5.74, 6) is 0. The average Bonchev–Trinajstić information content (AvgIpc) is 2.19. The van der Waals surface area contributed by atoms with Crippen LogP contribution >= 0.6 is 15.9 Å². The van der Waals surface area contributed by atoms with Gasteiger partial charge in [-0.1, -0.05) is 56.0 Å². The summed E-state index contributed by atoms with van der Waals surface area (Å²) in [6.07, 6.45) is 5.04. The van der Waals surface area contributed by atoms with Crippen molar-refractivity contribution in [3.8, 4) is 0 Å². The van der Waals surface area contributed by atoms with Gasteiger partial charge in [-0.2, -0.15) is 0 Å². The van der Waals surface area contributed by atoms with Crippen molar-refractivity contribution >= 4 is 24.2 Å². The number of alkyl halides is 1. The zero-order valence-corrected chi connectivity index (χ0v) is 13.2. The molecule has 0 saturated carbocycles. The normalized spacial score (nSPS) is 12.0. The smallest absolute Gasteiger partial charge is 0.192 e. The van der Waals surface area contributed by atoms with Crippen molar-refractivity contribution in [2.45, 2.75) is 64.6 Å². The third-order valence-corrected chi connectivity index (χ3v) is 8.41. The Kier molecular flexibility index (Phi) is 10.3. The van der Waals surface area contributed by atoms with Crippen molar-refractivity contribution in [2.75, 3.05) is 11.9 Å². The fourth-order valence-electron chi connectivity index (χ4n) is 2.30. The van der Waals surface area contributed by atoms with Gasteiger partial charge in [0.1, 0.15) is 0 Å². The quantitative estimate of drug-likeness (QED) is 0.314. The lowest BCUT2D eigenvalue weighted by Gasteiger charge is -2.31. The maximum absolute atomic E-state index is 6.30. The standard InChI is InChI=1S/C12H27BrOSi/c1-4-10-15(11-5-2,12-6-3)14-9-7-8-13/h4-12H2,1-3H3. The van der Waals surface area contributed by atoms with Crippen molar-refractivity contribution < 1.29 is 4.43 Å². The molecule has 0 aliphatic heterocycles. The van der Waals surface area contributed by atoms with E-state index in [1.807, 2.05) is 0 Å². The van der Waals surface area contributed by atoms with Crippen LogP contribution in [0.2, 0.25) is 18.1 Å². The summed E-state index contributed by atoms with van der Waals surface area (Å²) >= 11 is 3.47. The van der Waals surface area contributed by atoms with E-state index in [4.69, 9.17) is 4.43 Å². The highest BCUT2D eigenvalue weighted by Gasteiger charge is 2.31. The lowest BCUT2D eigenvalue weighted by molar-refractivity contribution is 0.296. The maximum Gasteiger partial charge on any atom is 0.192 e. The molecule has 0 rings (SSSR count). The van der Waals surface area contributed by atoms with Crippen LogP contribution in [0.1, 0.15) is 46.5 Å². The molecule has 0 atom stereocenters. The van der Waals surface area contributed by atoms with E-state index < -0.39 is 8.32 Å². The number of hydrogen-bond acceptors (Lipinski definition) is 1. The highest BCUT2D eigenvalue weighted by atomic mass is 79.9. The molecule has 1 nitrogen and oxygen atoms in total. The van der Waals surface area contributed by atoms with Gasteiger partial charge in [0.25, 0.3) is 0 Å². The first-order valence-corrected chi connectivity index (χ1v) is 10.1. The van der Waals surface area contributed by atoms with Crippen LogP contribution in [0.4, 0.5) is 0 Å². The third-order valence-electron chi connectivity index (χ3n) is 2.80. The van der Waals surface area contributed by atoms with E-state index >= 15 is 0 Å². The van der Waals surface area contributed by atoms with E-state index in [9.17, 15) is 0 Å². The predicted molar refractivity (Wildman–Crippen MR) is 75.4 cm³/mol. The van der Waals surface area contributed by atoms with Crippen LogP contribution in [0.5, 0.6) is 0 Å². The molecule has 0 radical (unpaired) electrons. The van der Waals surface area contributed by atoms with Gasteiger partial charge in [0.2, 0.25) is 0 Å². The van der Waals surface area contributed by atoms with Crippen LogP contribution in [0, 0.1) is 0 Å². The molecule has 0 fully saturated rings. The number of halogens is 1. The molecule has 0 bridgehead atoms. The van der Waals surface area contributed by atoms with E-state index in [0.29, 0.717) is 0 Å². The van der Waals surface area contributed by atoms with Crippen molar-refractivity contribution in [1.82, 2.24) is 0 Å². The third kappa shape index (κ3) is 6.75. The van der Waals surface area contributed by atoms with Gasteiger partial charge in [0.15, 0.2) is 8.32 Å². The summed E-state index contributed by atoms with van der Waals surface area (Å²) in [7, 11) is -1.35. The van der Waals surface area contributed by atoms with E-state index in [1.165, 1.54) is 37.4 Å². The Morgan fingerprint density at radius 2 is 1.40 bits per heavy atom. The molecule has 3 heteroatoms. The lowest BCUT2D eigenvalue weighted by atomic mass is 10.5. The van der Waals surface area contributed by atoms with Gasteiger partial charge in [-0.25, -0.2) is 0 Å². The summed E-state index contributed by atoms with van der Waals surface area (Å²) in [6, 6.07) is 4.07. The minimum absolute atomic E-state index is 0.970. The Hall–Kier alpha value is 0.657. The average molecular weight is 295 g/mol. The molecular weight excluding hydrogens is 268 g/mol. The largest absolute Gasteiger partial charge is 0.417 e. The van der Waals surface area contributed by atoms with Crippen molar-refractivity contribution in [3.05, 3.63) is 0 Å². The van der Waals surface area contributed by atoms with E-state index in [1.54, 1.807) is 0 Å². The summed E-state index contributed by atoms with van der Waals surface area (Å²) in [5, 5.41) is 1.07. The van der Waals surface area contributed by atoms with Crippen molar-refractivity contribution in [3.63, 3.8) is 0 Å². The van der Waals surface area contributed by atoms with Gasteiger partial charge >= 0.3 is 0 Å². The van der Waals surface area contributed by atoms with Crippen LogP contribution in [0.15, 0.2) is 0 Å². The Morgan fingerprint density at radius 3 is 1.73 bits per heavy atom. The SMILES string of the molecule is CCC[Si](CCC)(CCC)OCCCBr. The fraction of sp³-hybridized carbons (Fsp3) is 1.00. The molecule has 0 N–H and O–H groups in total. The highest BCUT2D eigenvalue weighted by molar-refractivity contribution is 9.09. The first kappa shape index (κ1) is 15.7. The molecule has 0 spiro atoms. The molecule has 0 aromatic rings. The minimum Gasteiger partial charge on any atom is -0.417 e. The summed E-state index contributed by atoms with van der Waals surface area (Å²) < 4.78 is 6.30. The molecule has 0 aliphatic rings. The molecule has 0 heterocycles. The second-order valence-electron chi connectivity index (χ2n) is 4.32. The molecular formula is C12H27BrOSi. The van der Waals surface area contributed by atoms with Crippen LogP contribution in [-0.2, 0) is 4.43 Å². The van der Waals surface area contributed by atoms with Crippen LogP contribution in [0.3, 0.4) is 0 Å². The van der Waals surface area contributed by atoms with Gasteiger partial charge in [-0.05, 0) is 24.6 Å². The van der Waals surface area contributed by atoms with Gasteiger partial charge in [0, 0.05) is 11.9 Å². The lowest BCUT2D eigenvalue weighted by Crippen LogP contribution is -2.38. The van der Waals surface area contributed by atoms with E-state index in [0.717, 1.165) is 18.4 Å². The van der Waals surface area contributed by atoms with Crippen LogP contribution < -0.4 is 0 Å². The minimum atomic E-state index is -1.35. The molecule has 15 heavy (non-hydrogen) atoms. The topological polar surface area (TPSA) is 9.23 Å². The van der Waals surface area contributed by atoms with Gasteiger partial charge in [-0.15, -0.1) is 0 Å². The second-order valence-corrected chi connectivity index (χ2v) is 9.27. The fourth-order valence-corrected chi connectivity index (χ4v) is 7.02. The Morgan fingerprint density at radius 1 is 0.933 bits per heavy atom. The summed E-state index contributed by atoms with van der Waals surface area (Å²) in [6.45, 7) is 7.85. The van der Waals surface area contributed by atoms with Gasteiger partial charge in [0.05, 0.1) is 0 Å². The van der Waals surface area contributed by atoms with Gasteiger partial charge < -0.3 is 4.43 Å². The Bertz CT molecular complexity index is 125. The summed E-state index contributed by atoms with van der Waals surface area (Å²) in [5.41, 5.74) is 0. The Labute approximate surface area is 105 Å². The number of hydrogen-bond donors (Lipinski definition) is 0. The zero-order valence-electron chi connectivity index (χ0n) is 10.7. The summed E-state index contributed by atoms with van der Waals surface area (Å²) in [4.78, 5) is 0. The second kappa shape index (κ2) is 9.85. The molecule has 92 valence electrons. The first-order chi connectivity index (χ1) is 7.24. The first-order valence-electron chi connectivity index (χ1n) is 6.44. The van der Waals surface area contributed by atoms with E-state index in [2.05, 4.69) is 36.7 Å². The molecule has 0 unspecified atom stereocenters. The molecule has 0 aromatic carbocycles. The highest BCUT2D eigenvalue weighted by Crippen LogP contribution is 2.27. The van der Waals surface area contributed by atoms with Crippen LogP contribution in [-0.4, -0.2) is 20.3 Å². The van der Waals surface area contributed by atoms with Crippen molar-refractivity contribution in [2.24, 2.45) is 0 Å². The number of rotatable bonds is 10. The van der Waals surface area contributed by atoms with Gasteiger partial charge in [-0.3, -0.25) is 0 Å². The molecule has 0 aliphatic carbocycles. The van der Waals surface area contributed by atoms with E-state index in [-0.39, 0.29) is 0 Å². The molecule has 0 amide bonds. The predicted octanol–water partition coefficient (Wildman–Crippen LogP) is 4.96. The van der Waals surface area contributed by atoms with Crippen LogP contribution in [0.25, 0.3) is 0 Å².